The number of hydrogen-bond acceptors (Lipinski definition) is 4. The fourth-order valence-electron chi connectivity index (χ4n) is 1.08. The molecule has 8 heteroatoms. The summed E-state index contributed by atoms with van der Waals surface area (Å²) in [5, 5.41) is 5.71. The summed E-state index contributed by atoms with van der Waals surface area (Å²) in [7, 11) is 1.27. The lowest BCUT2D eigenvalue weighted by molar-refractivity contribution is 0.602. The molecule has 0 aliphatic heterocycles. The lowest BCUT2D eigenvalue weighted by atomic mass is 10.2. The normalized spacial score (nSPS) is 11.6. The lowest BCUT2D eigenvalue weighted by Gasteiger charge is -1.94. The number of aromatic amines is 1. The molecule has 1 aromatic heterocycles. The van der Waals surface area contributed by atoms with E-state index in [0.29, 0.717) is 5.82 Å². The van der Waals surface area contributed by atoms with Crippen LogP contribution in [0.15, 0.2) is 29.4 Å². The molecule has 0 unspecified atom stereocenters. The zero-order chi connectivity index (χ0) is 11.8. The Labute approximate surface area is 110 Å². The quantitative estimate of drug-likeness (QED) is 0.649. The van der Waals surface area contributed by atoms with E-state index in [2.05, 4.69) is 37.8 Å². The molecule has 2 aromatic rings. The summed E-state index contributed by atoms with van der Waals surface area (Å²) in [6, 6.07) is 7.35. The Kier molecular flexibility index (Phi) is 3.17. The van der Waals surface area contributed by atoms with Crippen LogP contribution in [-0.2, 0) is 9.05 Å². The first-order valence-corrected chi connectivity index (χ1v) is 7.48. The Morgan fingerprint density at radius 3 is 2.38 bits per heavy atom. The molecule has 0 bridgehead atoms. The summed E-state index contributed by atoms with van der Waals surface area (Å²) >= 11 is 2.17. The molecule has 84 valence electrons. The van der Waals surface area contributed by atoms with Crippen molar-refractivity contribution in [3.8, 4) is 11.4 Å². The smallest absolute Gasteiger partial charge is 0.248 e. The summed E-state index contributed by atoms with van der Waals surface area (Å²) in [4.78, 5) is 3.79. The predicted octanol–water partition coefficient (Wildman–Crippen LogP) is 2.00. The molecule has 0 spiro atoms. The van der Waals surface area contributed by atoms with Crippen molar-refractivity contribution in [2.75, 3.05) is 0 Å². The molecule has 0 amide bonds. The Bertz CT molecular complexity index is 608. The molecular weight excluding hydrogens is 365 g/mol. The molecule has 5 nitrogen and oxygen atoms in total. The Hall–Kier alpha value is -0.670. The largest absolute Gasteiger partial charge is 0.296 e. The zero-order valence-electron chi connectivity index (χ0n) is 7.68. The Balaban J connectivity index is 2.43. The summed E-state index contributed by atoms with van der Waals surface area (Å²) in [5.74, 6) is 0.302. The molecule has 0 saturated heterocycles. The van der Waals surface area contributed by atoms with Gasteiger partial charge in [0.2, 0.25) is 0 Å². The van der Waals surface area contributed by atoms with Gasteiger partial charge in [0.05, 0.1) is 0 Å². The number of halogens is 2. The lowest BCUT2D eigenvalue weighted by Crippen LogP contribution is -1.92. The molecule has 0 atom stereocenters. The van der Waals surface area contributed by atoms with Crippen molar-refractivity contribution in [3.05, 3.63) is 27.8 Å². The highest BCUT2D eigenvalue weighted by molar-refractivity contribution is 14.1. The van der Waals surface area contributed by atoms with Gasteiger partial charge in [-0.1, -0.05) is 12.1 Å². The van der Waals surface area contributed by atoms with Crippen LogP contribution in [0.5, 0.6) is 0 Å². The van der Waals surface area contributed by atoms with Crippen molar-refractivity contribution >= 4 is 42.3 Å². The summed E-state index contributed by atoms with van der Waals surface area (Å²) < 4.78 is 23.0. The van der Waals surface area contributed by atoms with Gasteiger partial charge in [0.1, 0.15) is 0 Å². The second-order valence-electron chi connectivity index (χ2n) is 2.91. The van der Waals surface area contributed by atoms with Gasteiger partial charge in [0, 0.05) is 19.8 Å². The SMILES string of the molecule is O=S(=O)(Cl)c1nc(-c2ccc(I)cc2)n[nH]1. The standard InChI is InChI=1S/C8H5ClIN3O2S/c9-16(14,15)8-11-7(12-13-8)5-1-3-6(10)4-2-5/h1-4H,(H,11,12,13). The monoisotopic (exact) mass is 369 g/mol. The minimum absolute atomic E-state index is 0.302. The highest BCUT2D eigenvalue weighted by Gasteiger charge is 2.16. The van der Waals surface area contributed by atoms with Crippen LogP contribution in [0.3, 0.4) is 0 Å². The molecule has 0 saturated carbocycles. The van der Waals surface area contributed by atoms with Crippen LogP contribution in [0.25, 0.3) is 11.4 Å². The van der Waals surface area contributed by atoms with E-state index >= 15 is 0 Å². The third kappa shape index (κ3) is 2.53. The minimum Gasteiger partial charge on any atom is -0.248 e. The van der Waals surface area contributed by atoms with Gasteiger partial charge >= 0.3 is 0 Å². The molecule has 1 aromatic carbocycles. The summed E-state index contributed by atoms with van der Waals surface area (Å²) in [6.45, 7) is 0. The van der Waals surface area contributed by atoms with E-state index in [4.69, 9.17) is 10.7 Å². The van der Waals surface area contributed by atoms with Gasteiger partial charge in [-0.25, -0.2) is 13.5 Å². The predicted molar refractivity (Wildman–Crippen MR) is 67.6 cm³/mol. The van der Waals surface area contributed by atoms with E-state index < -0.39 is 9.05 Å². The first-order valence-electron chi connectivity index (χ1n) is 4.10. The van der Waals surface area contributed by atoms with Crippen LogP contribution in [0.4, 0.5) is 0 Å². The van der Waals surface area contributed by atoms with Gasteiger partial charge in [-0.15, -0.1) is 0 Å². The number of aromatic nitrogens is 3. The van der Waals surface area contributed by atoms with Crippen LogP contribution in [0, 0.1) is 3.57 Å². The highest BCUT2D eigenvalue weighted by Crippen LogP contribution is 2.18. The molecule has 0 aliphatic carbocycles. The highest BCUT2D eigenvalue weighted by atomic mass is 127. The van der Waals surface area contributed by atoms with Crippen molar-refractivity contribution in [2.45, 2.75) is 5.16 Å². The van der Waals surface area contributed by atoms with Gasteiger partial charge in [-0.3, -0.25) is 0 Å². The second-order valence-corrected chi connectivity index (χ2v) is 6.64. The van der Waals surface area contributed by atoms with Crippen LogP contribution >= 0.6 is 33.3 Å². The van der Waals surface area contributed by atoms with Gasteiger partial charge in [0.25, 0.3) is 14.2 Å². The average Bonchev–Trinajstić information content (AvgIpc) is 2.67. The van der Waals surface area contributed by atoms with Crippen LogP contribution in [-0.4, -0.2) is 23.6 Å². The van der Waals surface area contributed by atoms with E-state index in [-0.39, 0.29) is 5.16 Å². The van der Waals surface area contributed by atoms with Crippen molar-refractivity contribution in [3.63, 3.8) is 0 Å². The zero-order valence-corrected chi connectivity index (χ0v) is 11.4. The Morgan fingerprint density at radius 1 is 1.25 bits per heavy atom. The fourth-order valence-corrected chi connectivity index (χ4v) is 2.00. The maximum absolute atomic E-state index is 11.0. The first kappa shape index (κ1) is 11.8. The number of H-pyrrole nitrogens is 1. The maximum Gasteiger partial charge on any atom is 0.296 e. The van der Waals surface area contributed by atoms with Crippen LogP contribution in [0.2, 0.25) is 0 Å². The Morgan fingerprint density at radius 2 is 1.88 bits per heavy atom. The molecule has 16 heavy (non-hydrogen) atoms. The van der Waals surface area contributed by atoms with Gasteiger partial charge < -0.3 is 0 Å². The van der Waals surface area contributed by atoms with E-state index in [1.165, 1.54) is 0 Å². The average molecular weight is 370 g/mol. The van der Waals surface area contributed by atoms with Gasteiger partial charge in [0.15, 0.2) is 5.82 Å². The van der Waals surface area contributed by atoms with E-state index in [9.17, 15) is 8.42 Å². The van der Waals surface area contributed by atoms with Gasteiger partial charge in [-0.05, 0) is 34.7 Å². The number of rotatable bonds is 2. The van der Waals surface area contributed by atoms with Crippen molar-refractivity contribution < 1.29 is 8.42 Å². The topological polar surface area (TPSA) is 75.7 Å². The van der Waals surface area contributed by atoms with Gasteiger partial charge in [-0.2, -0.15) is 10.1 Å². The van der Waals surface area contributed by atoms with Crippen LogP contribution in [0.1, 0.15) is 0 Å². The molecule has 0 fully saturated rings. The molecular formula is C8H5ClIN3O2S. The molecule has 2 rings (SSSR count). The number of nitrogens with zero attached hydrogens (tertiary/aromatic N) is 2. The summed E-state index contributed by atoms with van der Waals surface area (Å²) in [6.07, 6.45) is 0. The first-order chi connectivity index (χ1) is 7.47. The second kappa shape index (κ2) is 4.30. The van der Waals surface area contributed by atoms with E-state index in [0.717, 1.165) is 9.13 Å². The minimum atomic E-state index is -3.86. The van der Waals surface area contributed by atoms with Crippen molar-refractivity contribution in [2.24, 2.45) is 0 Å². The molecule has 0 aliphatic rings. The fraction of sp³-hybridized carbons (Fsp3) is 0. The van der Waals surface area contributed by atoms with E-state index in [1.54, 1.807) is 12.1 Å². The number of benzene rings is 1. The van der Waals surface area contributed by atoms with Crippen molar-refractivity contribution in [1.29, 1.82) is 0 Å². The van der Waals surface area contributed by atoms with Crippen LogP contribution < -0.4 is 0 Å². The van der Waals surface area contributed by atoms with E-state index in [1.807, 2.05) is 12.1 Å². The molecule has 1 heterocycles. The van der Waals surface area contributed by atoms with Crippen molar-refractivity contribution in [1.82, 2.24) is 15.2 Å². The third-order valence-electron chi connectivity index (χ3n) is 1.80. The third-order valence-corrected chi connectivity index (χ3v) is 3.60. The maximum atomic E-state index is 11.0. The number of nitrogens with one attached hydrogen (secondary N) is 1. The summed E-state index contributed by atoms with van der Waals surface area (Å²) in [5.41, 5.74) is 0.725. The molecule has 0 radical (unpaired) electrons. The molecule has 1 N–H and O–H groups in total. The number of hydrogen-bond donors (Lipinski definition) is 1.